The fourth-order valence-electron chi connectivity index (χ4n) is 3.81. The molecule has 0 radical (unpaired) electrons. The van der Waals surface area contributed by atoms with Gasteiger partial charge >= 0.3 is 0 Å². The summed E-state index contributed by atoms with van der Waals surface area (Å²) in [5.41, 5.74) is 8.03. The van der Waals surface area contributed by atoms with Crippen molar-refractivity contribution < 1.29 is 4.42 Å². The van der Waals surface area contributed by atoms with Crippen LogP contribution in [0.15, 0.2) is 77.3 Å². The summed E-state index contributed by atoms with van der Waals surface area (Å²) in [6.07, 6.45) is 1.87. The highest BCUT2D eigenvalue weighted by atomic mass is 16.3. The maximum Gasteiger partial charge on any atom is 0.227 e. The molecule has 29 heavy (non-hydrogen) atoms. The minimum Gasteiger partial charge on any atom is -0.437 e. The third-order valence-electron chi connectivity index (χ3n) is 5.43. The molecule has 0 spiro atoms. The van der Waals surface area contributed by atoms with Crippen LogP contribution in [0.1, 0.15) is 31.0 Å². The first-order valence-electron chi connectivity index (χ1n) is 9.96. The van der Waals surface area contributed by atoms with Crippen molar-refractivity contribution in [3.8, 4) is 22.4 Å². The number of benzene rings is 2. The summed E-state index contributed by atoms with van der Waals surface area (Å²) in [5, 5.41) is 2.10. The number of hydrogen-bond acceptors (Lipinski definition) is 3. The normalized spacial score (nSPS) is 11.6. The van der Waals surface area contributed by atoms with Crippen molar-refractivity contribution in [1.82, 2.24) is 9.97 Å². The van der Waals surface area contributed by atoms with Crippen molar-refractivity contribution in [3.05, 3.63) is 84.2 Å². The van der Waals surface area contributed by atoms with Crippen LogP contribution >= 0.6 is 0 Å². The molecule has 3 aromatic heterocycles. The average Bonchev–Trinajstić information content (AvgIpc) is 3.11. The Balaban J connectivity index is 1.67. The summed E-state index contributed by atoms with van der Waals surface area (Å²) in [4.78, 5) is 9.20. The fourth-order valence-corrected chi connectivity index (χ4v) is 3.81. The van der Waals surface area contributed by atoms with Gasteiger partial charge in [-0.25, -0.2) is 4.98 Å². The molecule has 5 rings (SSSR count). The lowest BCUT2D eigenvalue weighted by Crippen LogP contribution is -1.89. The molecule has 0 saturated heterocycles. The number of pyridine rings is 2. The van der Waals surface area contributed by atoms with Gasteiger partial charge in [0.15, 0.2) is 0 Å². The second-order valence-electron chi connectivity index (χ2n) is 7.80. The Hall–Kier alpha value is -3.46. The smallest absolute Gasteiger partial charge is 0.227 e. The molecule has 0 aliphatic heterocycles. The number of furan rings is 1. The standard InChI is InChI=1S/C26H22N2O/c1-16(2)18-6-4-7-19(14-18)20-12-13-27-24(15-20)23-9-5-8-21-22-11-10-17(3)28-26(22)29-25(21)23/h4-16H,1-3H3. The number of fused-ring (bicyclic) bond motifs is 3. The zero-order chi connectivity index (χ0) is 20.0. The molecule has 3 nitrogen and oxygen atoms in total. The second-order valence-corrected chi connectivity index (χ2v) is 7.80. The van der Waals surface area contributed by atoms with Gasteiger partial charge in [0, 0.05) is 28.2 Å². The van der Waals surface area contributed by atoms with Crippen LogP contribution in [-0.2, 0) is 0 Å². The molecule has 0 fully saturated rings. The van der Waals surface area contributed by atoms with E-state index in [2.05, 4.69) is 84.5 Å². The van der Waals surface area contributed by atoms with Crippen LogP contribution in [0.2, 0.25) is 0 Å². The van der Waals surface area contributed by atoms with Gasteiger partial charge < -0.3 is 4.42 Å². The van der Waals surface area contributed by atoms with Crippen molar-refractivity contribution in [1.29, 1.82) is 0 Å². The van der Waals surface area contributed by atoms with E-state index in [4.69, 9.17) is 4.42 Å². The van der Waals surface area contributed by atoms with E-state index in [1.807, 2.05) is 19.2 Å². The lowest BCUT2D eigenvalue weighted by molar-refractivity contribution is 0.653. The third-order valence-corrected chi connectivity index (χ3v) is 5.43. The van der Waals surface area contributed by atoms with Gasteiger partial charge in [0.1, 0.15) is 5.58 Å². The largest absolute Gasteiger partial charge is 0.437 e. The molecule has 3 heterocycles. The quantitative estimate of drug-likeness (QED) is 0.335. The van der Waals surface area contributed by atoms with Crippen LogP contribution in [0.25, 0.3) is 44.5 Å². The highest BCUT2D eigenvalue weighted by Gasteiger charge is 2.14. The highest BCUT2D eigenvalue weighted by molar-refractivity contribution is 6.08. The minimum atomic E-state index is 0.497. The van der Waals surface area contributed by atoms with Gasteiger partial charge in [0.05, 0.1) is 5.69 Å². The SMILES string of the molecule is Cc1ccc2c(n1)oc1c(-c3cc(-c4cccc(C(C)C)c4)ccn3)cccc12. The molecule has 0 N–H and O–H groups in total. The molecule has 0 atom stereocenters. The number of nitrogens with zero attached hydrogens (tertiary/aromatic N) is 2. The van der Waals surface area contributed by atoms with E-state index in [-0.39, 0.29) is 0 Å². The number of para-hydroxylation sites is 1. The average molecular weight is 378 g/mol. The summed E-state index contributed by atoms with van der Waals surface area (Å²) in [6.45, 7) is 6.41. The summed E-state index contributed by atoms with van der Waals surface area (Å²) in [6, 6.07) is 23.2. The summed E-state index contributed by atoms with van der Waals surface area (Å²) in [7, 11) is 0. The van der Waals surface area contributed by atoms with E-state index in [0.29, 0.717) is 11.6 Å². The molecule has 0 saturated carbocycles. The fraction of sp³-hybridized carbons (Fsp3) is 0.154. The molecule has 142 valence electrons. The van der Waals surface area contributed by atoms with E-state index >= 15 is 0 Å². The topological polar surface area (TPSA) is 38.9 Å². The molecular weight excluding hydrogens is 356 g/mol. The van der Waals surface area contributed by atoms with Gasteiger partial charge in [-0.05, 0) is 59.9 Å². The van der Waals surface area contributed by atoms with Crippen molar-refractivity contribution >= 4 is 22.1 Å². The summed E-state index contributed by atoms with van der Waals surface area (Å²) < 4.78 is 6.16. The van der Waals surface area contributed by atoms with Crippen LogP contribution in [0, 0.1) is 6.92 Å². The van der Waals surface area contributed by atoms with Crippen molar-refractivity contribution in [2.45, 2.75) is 26.7 Å². The Morgan fingerprint density at radius 3 is 2.52 bits per heavy atom. The predicted molar refractivity (Wildman–Crippen MR) is 119 cm³/mol. The molecule has 0 aliphatic carbocycles. The molecule has 0 bridgehead atoms. The molecule has 0 amide bonds. The van der Waals surface area contributed by atoms with Crippen LogP contribution in [0.3, 0.4) is 0 Å². The molecular formula is C26H22N2O. The molecule has 5 aromatic rings. The second kappa shape index (κ2) is 6.85. The number of aromatic nitrogens is 2. The maximum atomic E-state index is 6.16. The molecule has 0 unspecified atom stereocenters. The Bertz CT molecular complexity index is 1350. The van der Waals surface area contributed by atoms with Gasteiger partial charge in [-0.2, -0.15) is 0 Å². The molecule has 2 aromatic carbocycles. The van der Waals surface area contributed by atoms with Gasteiger partial charge in [-0.15, -0.1) is 0 Å². The van der Waals surface area contributed by atoms with E-state index in [1.165, 1.54) is 11.1 Å². The Labute approximate surface area is 170 Å². The van der Waals surface area contributed by atoms with Crippen molar-refractivity contribution in [2.24, 2.45) is 0 Å². The van der Waals surface area contributed by atoms with E-state index in [0.717, 1.165) is 38.9 Å². The molecule has 0 aliphatic rings. The Morgan fingerprint density at radius 1 is 0.828 bits per heavy atom. The summed E-state index contributed by atoms with van der Waals surface area (Å²) in [5.74, 6) is 0.497. The Morgan fingerprint density at radius 2 is 1.66 bits per heavy atom. The van der Waals surface area contributed by atoms with Crippen LogP contribution in [0.4, 0.5) is 0 Å². The first-order chi connectivity index (χ1) is 14.1. The van der Waals surface area contributed by atoms with Crippen LogP contribution in [-0.4, -0.2) is 9.97 Å². The predicted octanol–water partition coefficient (Wildman–Crippen LogP) is 7.14. The van der Waals surface area contributed by atoms with E-state index < -0.39 is 0 Å². The maximum absolute atomic E-state index is 6.16. The van der Waals surface area contributed by atoms with Crippen LogP contribution in [0.5, 0.6) is 0 Å². The van der Waals surface area contributed by atoms with Gasteiger partial charge in [-0.1, -0.05) is 50.2 Å². The van der Waals surface area contributed by atoms with E-state index in [9.17, 15) is 0 Å². The van der Waals surface area contributed by atoms with Gasteiger partial charge in [0.2, 0.25) is 5.71 Å². The third kappa shape index (κ3) is 3.09. The van der Waals surface area contributed by atoms with Crippen molar-refractivity contribution in [3.63, 3.8) is 0 Å². The lowest BCUT2D eigenvalue weighted by atomic mass is 9.97. The van der Waals surface area contributed by atoms with Crippen molar-refractivity contribution in [2.75, 3.05) is 0 Å². The zero-order valence-corrected chi connectivity index (χ0v) is 16.8. The molecule has 3 heteroatoms. The number of hydrogen-bond donors (Lipinski definition) is 0. The Kier molecular flexibility index (Phi) is 4.17. The monoisotopic (exact) mass is 378 g/mol. The van der Waals surface area contributed by atoms with Gasteiger partial charge in [0.25, 0.3) is 0 Å². The highest BCUT2D eigenvalue weighted by Crippen LogP contribution is 2.35. The first-order valence-corrected chi connectivity index (χ1v) is 9.96. The number of rotatable bonds is 3. The summed E-state index contributed by atoms with van der Waals surface area (Å²) >= 11 is 0. The number of aryl methyl sites for hydroxylation is 1. The lowest BCUT2D eigenvalue weighted by Gasteiger charge is -2.09. The van der Waals surface area contributed by atoms with E-state index in [1.54, 1.807) is 0 Å². The van der Waals surface area contributed by atoms with Crippen LogP contribution < -0.4 is 0 Å². The first kappa shape index (κ1) is 17.6. The zero-order valence-electron chi connectivity index (χ0n) is 16.8. The minimum absolute atomic E-state index is 0.497. The van der Waals surface area contributed by atoms with Gasteiger partial charge in [-0.3, -0.25) is 4.98 Å².